The topological polar surface area (TPSA) is 75.3 Å². The lowest BCUT2D eigenvalue weighted by Crippen LogP contribution is -2.37. The summed E-state index contributed by atoms with van der Waals surface area (Å²) in [5, 5.41) is 10.3. The lowest BCUT2D eigenvalue weighted by Gasteiger charge is -2.11. The standard InChI is InChI=1S/C13H25N5O.HI/c1-5-14-13(15-8-6-7-10(2)3)16-9-12-17-11(4)19-18-12;/h10H,5-9H2,1-4H3,(H2,14,15,16);1H. The minimum atomic E-state index is 0. The molecular formula is C13H26IN5O. The van der Waals surface area contributed by atoms with Gasteiger partial charge in [0.15, 0.2) is 11.8 Å². The van der Waals surface area contributed by atoms with E-state index in [1.54, 1.807) is 6.92 Å². The number of nitrogens with zero attached hydrogens (tertiary/aromatic N) is 3. The largest absolute Gasteiger partial charge is 0.357 e. The smallest absolute Gasteiger partial charge is 0.223 e. The van der Waals surface area contributed by atoms with Gasteiger partial charge in [0.25, 0.3) is 0 Å². The predicted molar refractivity (Wildman–Crippen MR) is 91.3 cm³/mol. The van der Waals surface area contributed by atoms with Gasteiger partial charge < -0.3 is 15.2 Å². The zero-order valence-corrected chi connectivity index (χ0v) is 15.1. The van der Waals surface area contributed by atoms with Crippen molar-refractivity contribution in [3.63, 3.8) is 0 Å². The van der Waals surface area contributed by atoms with E-state index in [1.165, 1.54) is 6.42 Å². The molecule has 0 atom stereocenters. The quantitative estimate of drug-likeness (QED) is 0.321. The van der Waals surface area contributed by atoms with Crippen LogP contribution in [0.1, 0.15) is 45.3 Å². The highest BCUT2D eigenvalue weighted by Gasteiger charge is 2.02. The van der Waals surface area contributed by atoms with E-state index < -0.39 is 0 Å². The van der Waals surface area contributed by atoms with E-state index in [2.05, 4.69) is 39.6 Å². The maximum absolute atomic E-state index is 4.91. The summed E-state index contributed by atoms with van der Waals surface area (Å²) in [5.74, 6) is 2.72. The fraction of sp³-hybridized carbons (Fsp3) is 0.769. The highest BCUT2D eigenvalue weighted by atomic mass is 127. The van der Waals surface area contributed by atoms with Crippen molar-refractivity contribution in [3.8, 4) is 0 Å². The monoisotopic (exact) mass is 395 g/mol. The normalized spacial score (nSPS) is 11.3. The minimum absolute atomic E-state index is 0. The number of hydrogen-bond acceptors (Lipinski definition) is 4. The van der Waals surface area contributed by atoms with Gasteiger partial charge in [0, 0.05) is 20.0 Å². The van der Waals surface area contributed by atoms with Crippen LogP contribution in [0.5, 0.6) is 0 Å². The van der Waals surface area contributed by atoms with Gasteiger partial charge >= 0.3 is 0 Å². The minimum Gasteiger partial charge on any atom is -0.357 e. The van der Waals surface area contributed by atoms with Gasteiger partial charge in [0.1, 0.15) is 6.54 Å². The number of hydrogen-bond donors (Lipinski definition) is 2. The molecule has 0 aliphatic rings. The van der Waals surface area contributed by atoms with Crippen LogP contribution in [0.25, 0.3) is 0 Å². The summed E-state index contributed by atoms with van der Waals surface area (Å²) in [6.45, 7) is 10.5. The fourth-order valence-corrected chi connectivity index (χ4v) is 1.61. The van der Waals surface area contributed by atoms with Gasteiger partial charge in [-0.05, 0) is 25.7 Å². The second-order valence-electron chi connectivity index (χ2n) is 4.89. The molecule has 116 valence electrons. The molecule has 0 fully saturated rings. The zero-order valence-electron chi connectivity index (χ0n) is 12.8. The molecule has 20 heavy (non-hydrogen) atoms. The Bertz CT molecular complexity index is 392. The molecule has 0 aliphatic heterocycles. The summed E-state index contributed by atoms with van der Waals surface area (Å²) in [5.41, 5.74) is 0. The highest BCUT2D eigenvalue weighted by Crippen LogP contribution is 2.01. The van der Waals surface area contributed by atoms with Crippen molar-refractivity contribution < 1.29 is 4.52 Å². The molecule has 7 heteroatoms. The lowest BCUT2D eigenvalue weighted by atomic mass is 10.1. The fourth-order valence-electron chi connectivity index (χ4n) is 1.61. The molecule has 0 spiro atoms. The maximum Gasteiger partial charge on any atom is 0.223 e. The molecule has 0 bridgehead atoms. The van der Waals surface area contributed by atoms with Crippen molar-refractivity contribution >= 4 is 29.9 Å². The molecule has 0 aromatic carbocycles. The van der Waals surface area contributed by atoms with E-state index in [0.29, 0.717) is 18.3 Å². The third-order valence-corrected chi connectivity index (χ3v) is 2.54. The lowest BCUT2D eigenvalue weighted by molar-refractivity contribution is 0.387. The van der Waals surface area contributed by atoms with Crippen LogP contribution in [0.15, 0.2) is 9.52 Å². The van der Waals surface area contributed by atoms with Crippen LogP contribution in [-0.4, -0.2) is 29.2 Å². The summed E-state index contributed by atoms with van der Waals surface area (Å²) in [4.78, 5) is 8.55. The van der Waals surface area contributed by atoms with E-state index in [1.807, 2.05) is 6.92 Å². The Labute approximate surface area is 138 Å². The molecular weight excluding hydrogens is 369 g/mol. The van der Waals surface area contributed by atoms with Gasteiger partial charge in [-0.25, -0.2) is 4.99 Å². The van der Waals surface area contributed by atoms with Gasteiger partial charge in [-0.3, -0.25) is 0 Å². The Morgan fingerprint density at radius 2 is 2.10 bits per heavy atom. The second-order valence-corrected chi connectivity index (χ2v) is 4.89. The van der Waals surface area contributed by atoms with Gasteiger partial charge in [0.05, 0.1) is 0 Å². The van der Waals surface area contributed by atoms with Crippen LogP contribution in [-0.2, 0) is 6.54 Å². The molecule has 2 N–H and O–H groups in total. The Hall–Kier alpha value is -0.860. The third-order valence-electron chi connectivity index (χ3n) is 2.54. The highest BCUT2D eigenvalue weighted by molar-refractivity contribution is 14.0. The number of rotatable bonds is 7. The Kier molecular flexibility index (Phi) is 10.4. The van der Waals surface area contributed by atoms with E-state index in [-0.39, 0.29) is 24.0 Å². The van der Waals surface area contributed by atoms with Gasteiger partial charge in [-0.15, -0.1) is 24.0 Å². The first-order chi connectivity index (χ1) is 9.11. The molecule has 0 radical (unpaired) electrons. The van der Waals surface area contributed by atoms with E-state index in [0.717, 1.165) is 31.4 Å². The van der Waals surface area contributed by atoms with Crippen molar-refractivity contribution in [2.45, 2.75) is 47.1 Å². The molecule has 1 aromatic heterocycles. The van der Waals surface area contributed by atoms with Crippen LogP contribution in [0, 0.1) is 12.8 Å². The summed E-state index contributed by atoms with van der Waals surface area (Å²) in [7, 11) is 0. The van der Waals surface area contributed by atoms with E-state index >= 15 is 0 Å². The second kappa shape index (κ2) is 10.9. The number of nitrogens with one attached hydrogen (secondary N) is 2. The number of guanidine groups is 1. The van der Waals surface area contributed by atoms with Crippen molar-refractivity contribution in [2.75, 3.05) is 13.1 Å². The Morgan fingerprint density at radius 1 is 1.35 bits per heavy atom. The van der Waals surface area contributed by atoms with E-state index in [4.69, 9.17) is 4.52 Å². The summed E-state index contributed by atoms with van der Waals surface area (Å²) < 4.78 is 4.91. The summed E-state index contributed by atoms with van der Waals surface area (Å²) in [6, 6.07) is 0. The van der Waals surface area contributed by atoms with Crippen molar-refractivity contribution in [2.24, 2.45) is 10.9 Å². The van der Waals surface area contributed by atoms with Crippen molar-refractivity contribution in [3.05, 3.63) is 11.7 Å². The molecule has 0 amide bonds. The molecule has 1 aromatic rings. The first-order valence-electron chi connectivity index (χ1n) is 6.93. The molecule has 6 nitrogen and oxygen atoms in total. The van der Waals surface area contributed by atoms with Gasteiger partial charge in [0.2, 0.25) is 5.89 Å². The van der Waals surface area contributed by atoms with Crippen molar-refractivity contribution in [1.29, 1.82) is 0 Å². The Morgan fingerprint density at radius 3 is 2.65 bits per heavy atom. The summed E-state index contributed by atoms with van der Waals surface area (Å²) >= 11 is 0. The van der Waals surface area contributed by atoms with Crippen LogP contribution in [0.2, 0.25) is 0 Å². The third kappa shape index (κ3) is 8.34. The van der Waals surface area contributed by atoms with Crippen LogP contribution < -0.4 is 10.6 Å². The number of aliphatic imine (C=N–C) groups is 1. The average molecular weight is 395 g/mol. The SMILES string of the molecule is CCNC(=NCc1noc(C)n1)NCCCC(C)C.I. The molecule has 1 heterocycles. The molecule has 0 aliphatic carbocycles. The van der Waals surface area contributed by atoms with Gasteiger partial charge in [-0.1, -0.05) is 19.0 Å². The molecule has 0 saturated carbocycles. The first-order valence-corrected chi connectivity index (χ1v) is 6.93. The molecule has 0 saturated heterocycles. The first kappa shape index (κ1) is 19.1. The number of aromatic nitrogens is 2. The molecule has 1 rings (SSSR count). The van der Waals surface area contributed by atoms with Crippen LogP contribution >= 0.6 is 24.0 Å². The van der Waals surface area contributed by atoms with E-state index in [9.17, 15) is 0 Å². The maximum atomic E-state index is 4.91. The van der Waals surface area contributed by atoms with Gasteiger partial charge in [-0.2, -0.15) is 4.98 Å². The number of aryl methyl sites for hydroxylation is 1. The predicted octanol–water partition coefficient (Wildman–Crippen LogP) is 2.49. The van der Waals surface area contributed by atoms with Crippen molar-refractivity contribution in [1.82, 2.24) is 20.8 Å². The summed E-state index contributed by atoms with van der Waals surface area (Å²) in [6.07, 6.45) is 2.36. The zero-order chi connectivity index (χ0) is 14.1. The Balaban J connectivity index is 0.00000361. The van der Waals surface area contributed by atoms with Crippen LogP contribution in [0.4, 0.5) is 0 Å². The van der Waals surface area contributed by atoms with Crippen LogP contribution in [0.3, 0.4) is 0 Å². The molecule has 0 unspecified atom stereocenters. The number of halogens is 1. The average Bonchev–Trinajstić information content (AvgIpc) is 2.77.